The molecule has 0 aromatic heterocycles. The molecule has 1 unspecified atom stereocenters. The highest BCUT2D eigenvalue weighted by atomic mass is 16.6. The van der Waals surface area contributed by atoms with E-state index in [2.05, 4.69) is 45.1 Å². The molecule has 0 aliphatic carbocycles. The first kappa shape index (κ1) is 57.9. The second-order valence-electron chi connectivity index (χ2n) is 17.8. The van der Waals surface area contributed by atoms with Gasteiger partial charge in [0.05, 0.1) is 0 Å². The van der Waals surface area contributed by atoms with Crippen LogP contribution in [0.4, 0.5) is 0 Å². The third kappa shape index (κ3) is 46.9. The molecule has 6 nitrogen and oxygen atoms in total. The summed E-state index contributed by atoms with van der Waals surface area (Å²) in [6, 6.07) is 0. The predicted molar refractivity (Wildman–Crippen MR) is 256 cm³/mol. The van der Waals surface area contributed by atoms with Gasteiger partial charge in [-0.15, -0.1) is 0 Å². The van der Waals surface area contributed by atoms with Crippen molar-refractivity contribution in [2.24, 2.45) is 0 Å². The molecule has 0 aliphatic rings. The molecular weight excluding hydrogens is 745 g/mol. The average molecular weight is 845 g/mol. The Morgan fingerprint density at radius 1 is 0.333 bits per heavy atom. The van der Waals surface area contributed by atoms with Crippen LogP contribution in [0.2, 0.25) is 0 Å². The first-order valence-electron chi connectivity index (χ1n) is 26.3. The number of hydrogen-bond donors (Lipinski definition) is 0. The molecule has 0 aliphatic heterocycles. The van der Waals surface area contributed by atoms with Crippen LogP contribution in [0.3, 0.4) is 0 Å². The summed E-state index contributed by atoms with van der Waals surface area (Å²) in [5, 5.41) is 0. The molecular formula is C54H100O6. The minimum Gasteiger partial charge on any atom is -0.462 e. The maximum Gasteiger partial charge on any atom is 0.306 e. The molecule has 0 amide bonds. The number of esters is 3. The van der Waals surface area contributed by atoms with Crippen molar-refractivity contribution in [1.82, 2.24) is 0 Å². The standard InChI is InChI=1S/C54H100O6/c1-4-7-10-13-16-19-22-23-24-25-26-27-28-29-30-31-33-35-38-41-44-47-53(56)59-50-51(49-58-52(55)46-43-40-37-34-21-18-15-12-9-6-3)60-54(57)48-45-42-39-36-32-20-17-14-11-8-5-2/h22-23,25-26,51H,4-21,24,27-50H2,1-3H3/b23-22-,26-25-. The van der Waals surface area contributed by atoms with Gasteiger partial charge in [-0.25, -0.2) is 0 Å². The molecule has 0 saturated carbocycles. The van der Waals surface area contributed by atoms with E-state index in [1.54, 1.807) is 0 Å². The summed E-state index contributed by atoms with van der Waals surface area (Å²) in [5.41, 5.74) is 0. The van der Waals surface area contributed by atoms with E-state index in [0.717, 1.165) is 64.2 Å². The number of unbranched alkanes of at least 4 members (excludes halogenated alkanes) is 33. The summed E-state index contributed by atoms with van der Waals surface area (Å²) in [6.45, 7) is 6.63. The van der Waals surface area contributed by atoms with Crippen molar-refractivity contribution in [3.63, 3.8) is 0 Å². The quantitative estimate of drug-likeness (QED) is 0.0263. The van der Waals surface area contributed by atoms with E-state index < -0.39 is 6.10 Å². The second kappa shape index (κ2) is 49.5. The lowest BCUT2D eigenvalue weighted by Gasteiger charge is -2.18. The van der Waals surface area contributed by atoms with Gasteiger partial charge in [0, 0.05) is 19.3 Å². The van der Waals surface area contributed by atoms with Crippen LogP contribution in [0.1, 0.15) is 284 Å². The predicted octanol–water partition coefficient (Wildman–Crippen LogP) is 17.2. The maximum absolute atomic E-state index is 12.7. The van der Waals surface area contributed by atoms with Crippen molar-refractivity contribution in [3.05, 3.63) is 24.3 Å². The molecule has 0 bridgehead atoms. The van der Waals surface area contributed by atoms with E-state index in [-0.39, 0.29) is 31.1 Å². The Morgan fingerprint density at radius 2 is 0.600 bits per heavy atom. The Morgan fingerprint density at radius 3 is 0.917 bits per heavy atom. The highest BCUT2D eigenvalue weighted by molar-refractivity contribution is 5.71. The molecule has 0 rings (SSSR count). The van der Waals surface area contributed by atoms with Crippen LogP contribution >= 0.6 is 0 Å². The molecule has 0 fully saturated rings. The van der Waals surface area contributed by atoms with Crippen molar-refractivity contribution < 1.29 is 28.6 Å². The fourth-order valence-electron chi connectivity index (χ4n) is 7.71. The third-order valence-electron chi connectivity index (χ3n) is 11.7. The number of carbonyl (C=O) groups excluding carboxylic acids is 3. The first-order valence-corrected chi connectivity index (χ1v) is 26.3. The molecule has 0 spiro atoms. The monoisotopic (exact) mass is 845 g/mol. The summed E-state index contributed by atoms with van der Waals surface area (Å²) >= 11 is 0. The van der Waals surface area contributed by atoms with Crippen molar-refractivity contribution in [1.29, 1.82) is 0 Å². The Balaban J connectivity index is 4.23. The van der Waals surface area contributed by atoms with Gasteiger partial charge in [-0.2, -0.15) is 0 Å². The van der Waals surface area contributed by atoms with Crippen LogP contribution in [-0.4, -0.2) is 37.2 Å². The Hall–Kier alpha value is -2.11. The van der Waals surface area contributed by atoms with Crippen LogP contribution < -0.4 is 0 Å². The van der Waals surface area contributed by atoms with E-state index in [9.17, 15) is 14.4 Å². The van der Waals surface area contributed by atoms with Crippen LogP contribution in [0.25, 0.3) is 0 Å². The van der Waals surface area contributed by atoms with Crippen molar-refractivity contribution in [3.8, 4) is 0 Å². The summed E-state index contributed by atoms with van der Waals surface area (Å²) in [7, 11) is 0. The minimum atomic E-state index is -0.765. The highest BCUT2D eigenvalue weighted by Crippen LogP contribution is 2.16. The Labute approximate surface area is 373 Å². The molecule has 0 saturated heterocycles. The number of hydrogen-bond acceptors (Lipinski definition) is 6. The van der Waals surface area contributed by atoms with Gasteiger partial charge in [0.1, 0.15) is 13.2 Å². The lowest BCUT2D eigenvalue weighted by atomic mass is 10.1. The molecule has 60 heavy (non-hydrogen) atoms. The lowest BCUT2D eigenvalue weighted by Crippen LogP contribution is -2.30. The van der Waals surface area contributed by atoms with E-state index in [0.29, 0.717) is 19.3 Å². The van der Waals surface area contributed by atoms with E-state index >= 15 is 0 Å². The van der Waals surface area contributed by atoms with Gasteiger partial charge in [-0.05, 0) is 51.4 Å². The zero-order chi connectivity index (χ0) is 43.7. The molecule has 0 aromatic carbocycles. The second-order valence-corrected chi connectivity index (χ2v) is 17.8. The van der Waals surface area contributed by atoms with E-state index in [1.807, 2.05) is 0 Å². The van der Waals surface area contributed by atoms with E-state index in [1.165, 1.54) is 180 Å². The number of carbonyl (C=O) groups is 3. The highest BCUT2D eigenvalue weighted by Gasteiger charge is 2.19. The molecule has 0 aromatic rings. The van der Waals surface area contributed by atoms with Gasteiger partial charge in [-0.3, -0.25) is 14.4 Å². The fraction of sp³-hybridized carbons (Fsp3) is 0.870. The van der Waals surface area contributed by atoms with Crippen molar-refractivity contribution in [2.45, 2.75) is 290 Å². The molecule has 6 heteroatoms. The van der Waals surface area contributed by atoms with E-state index in [4.69, 9.17) is 14.2 Å². The Kier molecular flexibility index (Phi) is 47.8. The molecule has 0 radical (unpaired) electrons. The molecule has 1 atom stereocenters. The van der Waals surface area contributed by atoms with Gasteiger partial charge in [0.25, 0.3) is 0 Å². The largest absolute Gasteiger partial charge is 0.462 e. The SMILES string of the molecule is CCCCCCC/C=C\C/C=C\CCCCCCCCCCCC(=O)OCC(COC(=O)CCCCCCCCCCCC)OC(=O)CCCCCCCCCCCCC. The van der Waals surface area contributed by atoms with Gasteiger partial charge >= 0.3 is 17.9 Å². The zero-order valence-electron chi connectivity index (χ0n) is 40.2. The maximum atomic E-state index is 12.7. The third-order valence-corrected chi connectivity index (χ3v) is 11.7. The topological polar surface area (TPSA) is 78.9 Å². The minimum absolute atomic E-state index is 0.0679. The van der Waals surface area contributed by atoms with Crippen LogP contribution in [-0.2, 0) is 28.6 Å². The smallest absolute Gasteiger partial charge is 0.306 e. The van der Waals surface area contributed by atoms with Crippen LogP contribution in [0.5, 0.6) is 0 Å². The average Bonchev–Trinajstić information content (AvgIpc) is 3.24. The number of ether oxygens (including phenoxy) is 3. The van der Waals surface area contributed by atoms with Crippen molar-refractivity contribution >= 4 is 17.9 Å². The summed E-state index contributed by atoms with van der Waals surface area (Å²) < 4.78 is 16.8. The summed E-state index contributed by atoms with van der Waals surface area (Å²) in [5.74, 6) is -0.862. The van der Waals surface area contributed by atoms with Gasteiger partial charge < -0.3 is 14.2 Å². The first-order chi connectivity index (χ1) is 29.5. The van der Waals surface area contributed by atoms with Crippen molar-refractivity contribution in [2.75, 3.05) is 13.2 Å². The van der Waals surface area contributed by atoms with Gasteiger partial charge in [0.2, 0.25) is 0 Å². The molecule has 0 heterocycles. The molecule has 0 N–H and O–H groups in total. The number of allylic oxidation sites excluding steroid dienone is 4. The summed E-state index contributed by atoms with van der Waals surface area (Å²) in [6.07, 6.45) is 55.9. The Bertz CT molecular complexity index is 973. The lowest BCUT2D eigenvalue weighted by molar-refractivity contribution is -0.167. The molecule has 352 valence electrons. The van der Waals surface area contributed by atoms with Gasteiger partial charge in [-0.1, -0.05) is 238 Å². The fourth-order valence-corrected chi connectivity index (χ4v) is 7.71. The van der Waals surface area contributed by atoms with Crippen LogP contribution in [0.15, 0.2) is 24.3 Å². The van der Waals surface area contributed by atoms with Crippen LogP contribution in [0, 0.1) is 0 Å². The van der Waals surface area contributed by atoms with Gasteiger partial charge in [0.15, 0.2) is 6.10 Å². The zero-order valence-corrected chi connectivity index (χ0v) is 40.2. The summed E-state index contributed by atoms with van der Waals surface area (Å²) in [4.78, 5) is 37.9. The number of rotatable bonds is 48. The normalized spacial score (nSPS) is 12.1.